The number of piperazine rings is 1. The van der Waals surface area contributed by atoms with E-state index in [1.807, 2.05) is 13.3 Å². The fourth-order valence-corrected chi connectivity index (χ4v) is 2.96. The number of rotatable bonds is 7. The van der Waals surface area contributed by atoms with Crippen LogP contribution in [0.4, 0.5) is 0 Å². The Morgan fingerprint density at radius 3 is 2.61 bits per heavy atom. The van der Waals surface area contributed by atoms with Gasteiger partial charge in [-0.25, -0.2) is 4.98 Å². The molecule has 1 aromatic heterocycles. The third kappa shape index (κ3) is 5.32. The smallest absolute Gasteiger partial charge is 0.220 e. The Bertz CT molecular complexity index is 505. The zero-order valence-electron chi connectivity index (χ0n) is 15.0. The highest BCUT2D eigenvalue weighted by atomic mass is 16.1. The zero-order valence-corrected chi connectivity index (χ0v) is 15.0. The van der Waals surface area contributed by atoms with Crippen LogP contribution in [0, 0.1) is 13.8 Å². The van der Waals surface area contributed by atoms with E-state index in [0.29, 0.717) is 19.0 Å². The molecule has 0 aromatic carbocycles. The largest absolute Gasteiger partial charge is 0.354 e. The Morgan fingerprint density at radius 2 is 2.00 bits per heavy atom. The predicted octanol–water partition coefficient (Wildman–Crippen LogP) is 1.03. The Balaban J connectivity index is 1.62. The third-order valence-electron chi connectivity index (χ3n) is 4.97. The molecule has 1 aliphatic rings. The molecule has 130 valence electrons. The summed E-state index contributed by atoms with van der Waals surface area (Å²) in [7, 11) is 2.17. The maximum atomic E-state index is 12.0. The Morgan fingerprint density at radius 1 is 1.30 bits per heavy atom. The molecule has 0 radical (unpaired) electrons. The quantitative estimate of drug-likeness (QED) is 0.815. The molecule has 1 fully saturated rings. The maximum Gasteiger partial charge on any atom is 0.220 e. The van der Waals surface area contributed by atoms with Gasteiger partial charge in [0.25, 0.3) is 0 Å². The second kappa shape index (κ2) is 8.45. The average Bonchev–Trinajstić information content (AvgIpc) is 2.85. The predicted molar refractivity (Wildman–Crippen MR) is 92.5 cm³/mol. The number of hydrogen-bond acceptors (Lipinski definition) is 4. The summed E-state index contributed by atoms with van der Waals surface area (Å²) in [6, 6.07) is 0.480. The topological polar surface area (TPSA) is 53.4 Å². The van der Waals surface area contributed by atoms with Crippen LogP contribution in [-0.2, 0) is 11.3 Å². The van der Waals surface area contributed by atoms with Crippen molar-refractivity contribution in [1.82, 2.24) is 24.7 Å². The molecule has 23 heavy (non-hydrogen) atoms. The highest BCUT2D eigenvalue weighted by molar-refractivity contribution is 5.75. The highest BCUT2D eigenvalue weighted by Gasteiger charge is 2.19. The summed E-state index contributed by atoms with van der Waals surface area (Å²) in [6.07, 6.45) is 3.38. The van der Waals surface area contributed by atoms with Crippen molar-refractivity contribution in [2.24, 2.45) is 0 Å². The molecule has 0 saturated carbocycles. The van der Waals surface area contributed by atoms with Crippen molar-refractivity contribution in [2.75, 3.05) is 39.8 Å². The summed E-state index contributed by atoms with van der Waals surface area (Å²) >= 11 is 0. The summed E-state index contributed by atoms with van der Waals surface area (Å²) < 4.78 is 2.09. The molecule has 1 saturated heterocycles. The lowest BCUT2D eigenvalue weighted by Crippen LogP contribution is -2.48. The molecule has 2 heterocycles. The van der Waals surface area contributed by atoms with Crippen LogP contribution in [0.3, 0.4) is 0 Å². The van der Waals surface area contributed by atoms with Gasteiger partial charge in [-0.2, -0.15) is 0 Å². The number of carbonyl (C=O) groups is 1. The number of amides is 1. The molecule has 6 heteroatoms. The first-order valence-corrected chi connectivity index (χ1v) is 8.65. The number of nitrogens with zero attached hydrogens (tertiary/aromatic N) is 4. The normalized spacial score (nSPS) is 18.1. The Hall–Kier alpha value is -1.40. The number of carbonyl (C=O) groups excluding carboxylic acids is 1. The van der Waals surface area contributed by atoms with E-state index in [1.54, 1.807) is 0 Å². The lowest BCUT2D eigenvalue weighted by atomic mass is 10.1. The third-order valence-corrected chi connectivity index (χ3v) is 4.97. The van der Waals surface area contributed by atoms with Crippen LogP contribution < -0.4 is 5.32 Å². The lowest BCUT2D eigenvalue weighted by Gasteiger charge is -2.36. The molecule has 1 aromatic rings. The maximum absolute atomic E-state index is 12.0. The molecule has 0 aliphatic carbocycles. The molecule has 6 nitrogen and oxygen atoms in total. The molecule has 1 N–H and O–H groups in total. The van der Waals surface area contributed by atoms with Crippen molar-refractivity contribution in [1.29, 1.82) is 0 Å². The first kappa shape index (κ1) is 17.9. The van der Waals surface area contributed by atoms with Crippen molar-refractivity contribution in [2.45, 2.75) is 46.2 Å². The second-order valence-electron chi connectivity index (χ2n) is 6.69. The van der Waals surface area contributed by atoms with E-state index in [0.717, 1.165) is 44.8 Å². The van der Waals surface area contributed by atoms with E-state index in [-0.39, 0.29) is 5.91 Å². The van der Waals surface area contributed by atoms with Gasteiger partial charge in [0.15, 0.2) is 0 Å². The molecule has 0 bridgehead atoms. The van der Waals surface area contributed by atoms with Crippen LogP contribution in [0.2, 0.25) is 0 Å². The van der Waals surface area contributed by atoms with Gasteiger partial charge < -0.3 is 14.8 Å². The minimum Gasteiger partial charge on any atom is -0.354 e. The fourth-order valence-electron chi connectivity index (χ4n) is 2.96. The average molecular weight is 321 g/mol. The fraction of sp³-hybridized carbons (Fsp3) is 0.765. The van der Waals surface area contributed by atoms with Crippen LogP contribution >= 0.6 is 0 Å². The molecule has 1 unspecified atom stereocenters. The van der Waals surface area contributed by atoms with Crippen LogP contribution in [0.15, 0.2) is 6.33 Å². The molecule has 1 amide bonds. The summed E-state index contributed by atoms with van der Waals surface area (Å²) in [4.78, 5) is 21.1. The summed E-state index contributed by atoms with van der Waals surface area (Å²) in [6.45, 7) is 12.2. The van der Waals surface area contributed by atoms with E-state index in [2.05, 4.69) is 45.6 Å². The number of hydrogen-bond donors (Lipinski definition) is 1. The van der Waals surface area contributed by atoms with Crippen LogP contribution in [0.25, 0.3) is 0 Å². The van der Waals surface area contributed by atoms with Crippen LogP contribution in [-0.4, -0.2) is 71.1 Å². The van der Waals surface area contributed by atoms with Crippen molar-refractivity contribution in [3.8, 4) is 0 Å². The molecular formula is C17H31N5O. The van der Waals surface area contributed by atoms with Gasteiger partial charge in [0, 0.05) is 57.4 Å². The van der Waals surface area contributed by atoms with Gasteiger partial charge in [0.2, 0.25) is 5.91 Å². The van der Waals surface area contributed by atoms with Crippen LogP contribution in [0.1, 0.15) is 31.2 Å². The monoisotopic (exact) mass is 321 g/mol. The minimum atomic E-state index is 0.153. The molecule has 1 atom stereocenters. The number of aryl methyl sites for hydroxylation is 1. The van der Waals surface area contributed by atoms with Gasteiger partial charge in [0.05, 0.1) is 12.0 Å². The van der Waals surface area contributed by atoms with Crippen LogP contribution in [0.5, 0.6) is 0 Å². The standard InChI is InChI=1S/C17H31N5O/c1-14(21-11-9-20(4)10-12-21)5-6-17(23)18-7-8-22-13-19-15(2)16(22)3/h13-14H,5-12H2,1-4H3,(H,18,23). The highest BCUT2D eigenvalue weighted by Crippen LogP contribution is 2.10. The summed E-state index contributed by atoms with van der Waals surface area (Å²) in [5.74, 6) is 0.153. The van der Waals surface area contributed by atoms with E-state index >= 15 is 0 Å². The molecular weight excluding hydrogens is 290 g/mol. The Kier molecular flexibility index (Phi) is 6.59. The van der Waals surface area contributed by atoms with Gasteiger partial charge >= 0.3 is 0 Å². The number of nitrogens with one attached hydrogen (secondary N) is 1. The molecule has 1 aliphatic heterocycles. The second-order valence-corrected chi connectivity index (χ2v) is 6.69. The van der Waals surface area contributed by atoms with Crippen molar-refractivity contribution < 1.29 is 4.79 Å². The number of aromatic nitrogens is 2. The SMILES string of the molecule is Cc1ncn(CCNC(=O)CCC(C)N2CCN(C)CC2)c1C. The minimum absolute atomic E-state index is 0.153. The molecule has 0 spiro atoms. The summed E-state index contributed by atoms with van der Waals surface area (Å²) in [5, 5.41) is 3.02. The van der Waals surface area contributed by atoms with Gasteiger partial charge in [-0.15, -0.1) is 0 Å². The van der Waals surface area contributed by atoms with Gasteiger partial charge in [0.1, 0.15) is 0 Å². The van der Waals surface area contributed by atoms with E-state index in [9.17, 15) is 4.79 Å². The van der Waals surface area contributed by atoms with E-state index in [1.165, 1.54) is 5.69 Å². The summed E-state index contributed by atoms with van der Waals surface area (Å²) in [5.41, 5.74) is 2.22. The molecule has 2 rings (SSSR count). The van der Waals surface area contributed by atoms with Gasteiger partial charge in [-0.3, -0.25) is 9.69 Å². The van der Waals surface area contributed by atoms with E-state index < -0.39 is 0 Å². The van der Waals surface area contributed by atoms with Crippen molar-refractivity contribution in [3.05, 3.63) is 17.7 Å². The number of imidazole rings is 1. The lowest BCUT2D eigenvalue weighted by molar-refractivity contribution is -0.121. The zero-order chi connectivity index (χ0) is 16.8. The first-order valence-electron chi connectivity index (χ1n) is 8.65. The Labute approximate surface area is 139 Å². The van der Waals surface area contributed by atoms with E-state index in [4.69, 9.17) is 0 Å². The van der Waals surface area contributed by atoms with Crippen molar-refractivity contribution >= 4 is 5.91 Å². The number of likely N-dealkylation sites (N-methyl/N-ethyl adjacent to an activating group) is 1. The van der Waals surface area contributed by atoms with Gasteiger partial charge in [-0.1, -0.05) is 0 Å². The first-order chi connectivity index (χ1) is 11.0. The van der Waals surface area contributed by atoms with Crippen molar-refractivity contribution in [3.63, 3.8) is 0 Å². The van der Waals surface area contributed by atoms with Gasteiger partial charge in [-0.05, 0) is 34.2 Å².